The summed E-state index contributed by atoms with van der Waals surface area (Å²) >= 11 is 0. The van der Waals surface area contributed by atoms with Gasteiger partial charge in [0.05, 0.1) is 18.8 Å². The van der Waals surface area contributed by atoms with Crippen molar-refractivity contribution in [3.8, 4) is 0 Å². The van der Waals surface area contributed by atoms with Crippen molar-refractivity contribution in [1.29, 1.82) is 0 Å². The quantitative estimate of drug-likeness (QED) is 0.0441. The van der Waals surface area contributed by atoms with Gasteiger partial charge in [0.25, 0.3) is 0 Å². The van der Waals surface area contributed by atoms with E-state index in [0.29, 0.717) is 25.0 Å². The van der Waals surface area contributed by atoms with Crippen molar-refractivity contribution in [2.24, 2.45) is 5.92 Å². The van der Waals surface area contributed by atoms with Crippen LogP contribution in [0, 0.1) is 5.92 Å². The molecule has 0 aromatic carbocycles. The first-order chi connectivity index (χ1) is 19.5. The molecule has 0 aromatic rings. The zero-order valence-corrected chi connectivity index (χ0v) is 26.2. The van der Waals surface area contributed by atoms with Crippen LogP contribution in [0.25, 0.3) is 0 Å². The predicted octanol–water partition coefficient (Wildman–Crippen LogP) is 8.63. The van der Waals surface area contributed by atoms with Crippen LogP contribution in [0.1, 0.15) is 156 Å². The van der Waals surface area contributed by atoms with Gasteiger partial charge in [0.15, 0.2) is 6.10 Å². The maximum atomic E-state index is 12.1. The van der Waals surface area contributed by atoms with E-state index in [4.69, 9.17) is 14.2 Å². The minimum atomic E-state index is -0.778. The van der Waals surface area contributed by atoms with Gasteiger partial charge in [-0.3, -0.25) is 9.59 Å². The Morgan fingerprint density at radius 3 is 2.05 bits per heavy atom. The van der Waals surface area contributed by atoms with Gasteiger partial charge < -0.3 is 19.3 Å². The second-order valence-corrected chi connectivity index (χ2v) is 12.1. The number of epoxide rings is 1. The number of esters is 2. The molecule has 1 saturated heterocycles. The SMILES string of the molecule is CCCCC/C=C\CC1OC1CCCCCCCC(=O)O[C@@H](CO)COC(=O)CCCCCCCCCC(C)C. The fraction of sp³-hybridized carbons (Fsp3) is 0.882. The Labute approximate surface area is 246 Å². The number of hydrogen-bond donors (Lipinski definition) is 1. The Kier molecular flexibility index (Phi) is 23.2. The van der Waals surface area contributed by atoms with Crippen molar-refractivity contribution in [1.82, 2.24) is 0 Å². The Balaban J connectivity index is 1.92. The van der Waals surface area contributed by atoms with Gasteiger partial charge in [0.2, 0.25) is 0 Å². The van der Waals surface area contributed by atoms with E-state index in [2.05, 4.69) is 32.9 Å². The van der Waals surface area contributed by atoms with Crippen LogP contribution in [0.5, 0.6) is 0 Å². The Morgan fingerprint density at radius 1 is 0.775 bits per heavy atom. The number of hydrogen-bond acceptors (Lipinski definition) is 6. The van der Waals surface area contributed by atoms with Gasteiger partial charge in [0, 0.05) is 12.8 Å². The summed E-state index contributed by atoms with van der Waals surface area (Å²) in [7, 11) is 0. The average Bonchev–Trinajstić information content (AvgIpc) is 3.69. The lowest BCUT2D eigenvalue weighted by atomic mass is 10.0. The third-order valence-corrected chi connectivity index (χ3v) is 7.66. The highest BCUT2D eigenvalue weighted by molar-refractivity contribution is 5.70. The van der Waals surface area contributed by atoms with Gasteiger partial charge in [-0.1, -0.05) is 116 Å². The van der Waals surface area contributed by atoms with E-state index in [0.717, 1.165) is 63.7 Å². The second-order valence-electron chi connectivity index (χ2n) is 12.1. The lowest BCUT2D eigenvalue weighted by Crippen LogP contribution is -2.28. The molecule has 1 aliphatic heterocycles. The molecule has 1 heterocycles. The fourth-order valence-electron chi connectivity index (χ4n) is 4.98. The average molecular weight is 567 g/mol. The summed E-state index contributed by atoms with van der Waals surface area (Å²) in [5.41, 5.74) is 0. The molecule has 234 valence electrons. The van der Waals surface area contributed by atoms with Crippen molar-refractivity contribution in [3.63, 3.8) is 0 Å². The first-order valence-corrected chi connectivity index (χ1v) is 16.7. The van der Waals surface area contributed by atoms with E-state index in [9.17, 15) is 14.7 Å². The van der Waals surface area contributed by atoms with Gasteiger partial charge in [-0.05, 0) is 44.4 Å². The standard InChI is InChI=1S/C34H62O6/c1-4-5-6-7-13-18-23-31-32(40-31)24-19-14-11-16-21-26-34(37)39-30(27-35)28-38-33(36)25-20-15-10-8-9-12-17-22-29(2)3/h13,18,29-32,35H,4-12,14-17,19-28H2,1-3H3/b18-13-/t30-,31?,32?/m0/s1. The summed E-state index contributed by atoms with van der Waals surface area (Å²) in [6, 6.07) is 0. The maximum Gasteiger partial charge on any atom is 0.306 e. The molecule has 1 fully saturated rings. The second kappa shape index (κ2) is 25.3. The van der Waals surface area contributed by atoms with Crippen molar-refractivity contribution in [2.75, 3.05) is 13.2 Å². The Hall–Kier alpha value is -1.40. The first-order valence-electron chi connectivity index (χ1n) is 16.7. The zero-order valence-electron chi connectivity index (χ0n) is 26.2. The summed E-state index contributed by atoms with van der Waals surface area (Å²) in [5, 5.41) is 9.50. The molecule has 0 spiro atoms. The summed E-state index contributed by atoms with van der Waals surface area (Å²) in [5.74, 6) is 0.174. The molecule has 3 atom stereocenters. The highest BCUT2D eigenvalue weighted by Gasteiger charge is 2.36. The molecule has 2 unspecified atom stereocenters. The number of unbranched alkanes of at least 4 members (excludes halogenated alkanes) is 13. The Morgan fingerprint density at radius 2 is 1.40 bits per heavy atom. The number of carbonyl (C=O) groups excluding carboxylic acids is 2. The highest BCUT2D eigenvalue weighted by Crippen LogP contribution is 2.30. The van der Waals surface area contributed by atoms with Crippen LogP contribution in [-0.4, -0.2) is 48.6 Å². The third kappa shape index (κ3) is 22.3. The van der Waals surface area contributed by atoms with Gasteiger partial charge in [-0.25, -0.2) is 0 Å². The summed E-state index contributed by atoms with van der Waals surface area (Å²) in [6.45, 7) is 6.36. The molecular formula is C34H62O6. The molecule has 6 nitrogen and oxygen atoms in total. The lowest BCUT2D eigenvalue weighted by Gasteiger charge is -2.15. The van der Waals surface area contributed by atoms with E-state index >= 15 is 0 Å². The molecular weight excluding hydrogens is 504 g/mol. The van der Waals surface area contributed by atoms with E-state index in [1.54, 1.807) is 0 Å². The van der Waals surface area contributed by atoms with E-state index in [1.807, 2.05) is 0 Å². The number of aliphatic hydroxyl groups is 1. The lowest BCUT2D eigenvalue weighted by molar-refractivity contribution is -0.161. The van der Waals surface area contributed by atoms with Crippen molar-refractivity contribution in [2.45, 2.75) is 174 Å². The minimum Gasteiger partial charge on any atom is -0.462 e. The van der Waals surface area contributed by atoms with Crippen LogP contribution in [-0.2, 0) is 23.8 Å². The molecule has 1 rings (SSSR count). The maximum absolute atomic E-state index is 12.1. The molecule has 1 N–H and O–H groups in total. The van der Waals surface area contributed by atoms with Crippen LogP contribution in [0.3, 0.4) is 0 Å². The normalized spacial score (nSPS) is 17.4. The molecule has 0 aromatic heterocycles. The number of rotatable bonds is 28. The van der Waals surface area contributed by atoms with E-state index < -0.39 is 6.10 Å². The molecule has 40 heavy (non-hydrogen) atoms. The van der Waals surface area contributed by atoms with Gasteiger partial charge in [0.1, 0.15) is 6.61 Å². The molecule has 6 heteroatoms. The van der Waals surface area contributed by atoms with Crippen LogP contribution >= 0.6 is 0 Å². The fourth-order valence-corrected chi connectivity index (χ4v) is 4.98. The molecule has 0 radical (unpaired) electrons. The van der Waals surface area contributed by atoms with Crippen molar-refractivity contribution < 1.29 is 28.9 Å². The molecule has 0 amide bonds. The molecule has 1 aliphatic rings. The van der Waals surface area contributed by atoms with Gasteiger partial charge >= 0.3 is 11.9 Å². The molecule has 0 saturated carbocycles. The summed E-state index contributed by atoms with van der Waals surface area (Å²) in [4.78, 5) is 24.1. The third-order valence-electron chi connectivity index (χ3n) is 7.66. The van der Waals surface area contributed by atoms with Gasteiger partial charge in [-0.15, -0.1) is 0 Å². The number of carbonyl (C=O) groups is 2. The Bertz CT molecular complexity index is 646. The highest BCUT2D eigenvalue weighted by atomic mass is 16.6. The number of ether oxygens (including phenoxy) is 3. The monoisotopic (exact) mass is 566 g/mol. The van der Waals surface area contributed by atoms with E-state index in [-0.39, 0.29) is 25.2 Å². The summed E-state index contributed by atoms with van der Waals surface area (Å²) < 4.78 is 16.3. The van der Waals surface area contributed by atoms with Crippen LogP contribution < -0.4 is 0 Å². The largest absolute Gasteiger partial charge is 0.462 e. The zero-order chi connectivity index (χ0) is 29.3. The smallest absolute Gasteiger partial charge is 0.306 e. The predicted molar refractivity (Wildman–Crippen MR) is 163 cm³/mol. The molecule has 0 bridgehead atoms. The first kappa shape index (κ1) is 36.6. The van der Waals surface area contributed by atoms with Crippen LogP contribution in [0.2, 0.25) is 0 Å². The van der Waals surface area contributed by atoms with Crippen LogP contribution in [0.15, 0.2) is 12.2 Å². The summed E-state index contributed by atoms with van der Waals surface area (Å²) in [6.07, 6.45) is 27.2. The van der Waals surface area contributed by atoms with E-state index in [1.165, 1.54) is 64.2 Å². The van der Waals surface area contributed by atoms with Crippen molar-refractivity contribution in [3.05, 3.63) is 12.2 Å². The number of aliphatic hydroxyl groups excluding tert-OH is 1. The minimum absolute atomic E-state index is 0.0736. The molecule has 0 aliphatic carbocycles. The number of allylic oxidation sites excluding steroid dienone is 1. The van der Waals surface area contributed by atoms with Crippen molar-refractivity contribution >= 4 is 11.9 Å². The van der Waals surface area contributed by atoms with Crippen LogP contribution in [0.4, 0.5) is 0 Å². The topological polar surface area (TPSA) is 85.4 Å². The van der Waals surface area contributed by atoms with Gasteiger partial charge in [-0.2, -0.15) is 0 Å².